The normalized spacial score (nSPS) is 10.8. The van der Waals surface area contributed by atoms with Crippen molar-refractivity contribution in [3.8, 4) is 0 Å². The highest BCUT2D eigenvalue weighted by Crippen LogP contribution is 2.17. The Labute approximate surface area is 123 Å². The van der Waals surface area contributed by atoms with E-state index in [1.54, 1.807) is 12.4 Å². The van der Waals surface area contributed by atoms with Crippen LogP contribution in [0.15, 0.2) is 37.1 Å². The van der Waals surface area contributed by atoms with Crippen LogP contribution in [0.25, 0.3) is 5.65 Å². The van der Waals surface area contributed by atoms with Crippen LogP contribution in [0.1, 0.15) is 18.1 Å². The maximum Gasteiger partial charge on any atom is 0.180 e. The molecule has 0 radical (unpaired) electrons. The Hall–Kier alpha value is -2.63. The summed E-state index contributed by atoms with van der Waals surface area (Å²) in [5.74, 6) is 1.59. The van der Waals surface area contributed by atoms with Gasteiger partial charge in [0.05, 0.1) is 6.20 Å². The number of fused-ring (bicyclic) bond motifs is 1. The van der Waals surface area contributed by atoms with E-state index < -0.39 is 0 Å². The highest BCUT2D eigenvalue weighted by atomic mass is 15.1. The Bertz CT molecular complexity index is 749. The molecule has 6 nitrogen and oxygen atoms in total. The van der Waals surface area contributed by atoms with Crippen LogP contribution in [-0.4, -0.2) is 25.9 Å². The second kappa shape index (κ2) is 5.78. The lowest BCUT2D eigenvalue weighted by atomic mass is 10.1. The predicted molar refractivity (Wildman–Crippen MR) is 83.5 cm³/mol. The number of nitrogens with zero attached hydrogens (tertiary/aromatic N) is 4. The second-order valence-corrected chi connectivity index (χ2v) is 4.82. The van der Waals surface area contributed by atoms with Crippen molar-refractivity contribution in [2.45, 2.75) is 20.4 Å². The molecule has 3 aromatic rings. The third-order valence-electron chi connectivity index (χ3n) is 3.33. The van der Waals surface area contributed by atoms with Gasteiger partial charge >= 0.3 is 0 Å². The summed E-state index contributed by atoms with van der Waals surface area (Å²) in [6.45, 7) is 5.62. The predicted octanol–water partition coefficient (Wildman–Crippen LogP) is 2.48. The van der Waals surface area contributed by atoms with Crippen LogP contribution in [0.4, 0.5) is 11.6 Å². The maximum atomic E-state index is 4.58. The number of rotatable bonds is 5. The molecule has 0 bridgehead atoms. The molecule has 3 aromatic heterocycles. The van der Waals surface area contributed by atoms with E-state index in [2.05, 4.69) is 32.5 Å². The smallest absolute Gasteiger partial charge is 0.180 e. The molecule has 0 unspecified atom stereocenters. The van der Waals surface area contributed by atoms with Gasteiger partial charge in [0.25, 0.3) is 0 Å². The average molecular weight is 282 g/mol. The lowest BCUT2D eigenvalue weighted by Gasteiger charge is -2.11. The molecule has 0 amide bonds. The van der Waals surface area contributed by atoms with E-state index >= 15 is 0 Å². The molecule has 0 aromatic carbocycles. The fourth-order valence-electron chi connectivity index (χ4n) is 2.18. The zero-order valence-corrected chi connectivity index (χ0v) is 12.2. The Balaban J connectivity index is 1.89. The standard InChI is InChI=1S/C15H18N6/c1-3-17-13-10-21-7-6-18-15(21)14(20-13)19-9-12-8-16-5-4-11(12)2/h4-8,10,17H,3,9H2,1-2H3,(H,19,20). The van der Waals surface area contributed by atoms with Crippen molar-refractivity contribution >= 4 is 17.3 Å². The summed E-state index contributed by atoms with van der Waals surface area (Å²) in [6.07, 6.45) is 9.30. The minimum absolute atomic E-state index is 0.671. The third kappa shape index (κ3) is 2.79. The van der Waals surface area contributed by atoms with Gasteiger partial charge in [0.1, 0.15) is 5.82 Å². The molecule has 0 fully saturated rings. The molecular weight excluding hydrogens is 264 g/mol. The number of anilines is 2. The van der Waals surface area contributed by atoms with Crippen molar-refractivity contribution in [2.24, 2.45) is 0 Å². The number of aryl methyl sites for hydroxylation is 1. The number of pyridine rings is 1. The number of nitrogens with one attached hydrogen (secondary N) is 2. The minimum Gasteiger partial charge on any atom is -0.369 e. The van der Waals surface area contributed by atoms with Crippen molar-refractivity contribution in [1.29, 1.82) is 0 Å². The SMILES string of the molecule is CCNc1cn2ccnc2c(NCc2cnccc2C)n1. The second-order valence-electron chi connectivity index (χ2n) is 4.82. The molecule has 3 rings (SSSR count). The summed E-state index contributed by atoms with van der Waals surface area (Å²) < 4.78 is 1.96. The first-order valence-electron chi connectivity index (χ1n) is 6.99. The lowest BCUT2D eigenvalue weighted by Crippen LogP contribution is -2.08. The summed E-state index contributed by atoms with van der Waals surface area (Å²) >= 11 is 0. The molecule has 3 heterocycles. The first-order chi connectivity index (χ1) is 10.3. The van der Waals surface area contributed by atoms with Gasteiger partial charge in [-0.15, -0.1) is 0 Å². The van der Waals surface area contributed by atoms with Gasteiger partial charge in [0.2, 0.25) is 0 Å². The van der Waals surface area contributed by atoms with Gasteiger partial charge < -0.3 is 15.0 Å². The molecule has 2 N–H and O–H groups in total. The van der Waals surface area contributed by atoms with Crippen molar-refractivity contribution < 1.29 is 0 Å². The molecule has 0 spiro atoms. The van der Waals surface area contributed by atoms with Crippen LogP contribution >= 0.6 is 0 Å². The van der Waals surface area contributed by atoms with Crippen LogP contribution in [-0.2, 0) is 6.54 Å². The summed E-state index contributed by atoms with van der Waals surface area (Å²) in [5, 5.41) is 6.58. The average Bonchev–Trinajstić information content (AvgIpc) is 2.95. The zero-order chi connectivity index (χ0) is 14.7. The minimum atomic E-state index is 0.671. The summed E-state index contributed by atoms with van der Waals surface area (Å²) in [6, 6.07) is 2.00. The van der Waals surface area contributed by atoms with Gasteiger partial charge in [0, 0.05) is 37.9 Å². The van der Waals surface area contributed by atoms with Crippen LogP contribution in [0.2, 0.25) is 0 Å². The van der Waals surface area contributed by atoms with Gasteiger partial charge in [-0.2, -0.15) is 0 Å². The van der Waals surface area contributed by atoms with Crippen molar-refractivity contribution in [1.82, 2.24) is 19.4 Å². The largest absolute Gasteiger partial charge is 0.369 e. The van der Waals surface area contributed by atoms with Crippen molar-refractivity contribution in [3.63, 3.8) is 0 Å². The zero-order valence-electron chi connectivity index (χ0n) is 12.2. The van der Waals surface area contributed by atoms with E-state index in [-0.39, 0.29) is 0 Å². The van der Waals surface area contributed by atoms with E-state index in [0.29, 0.717) is 6.54 Å². The number of aromatic nitrogens is 4. The fraction of sp³-hybridized carbons (Fsp3) is 0.267. The lowest BCUT2D eigenvalue weighted by molar-refractivity contribution is 1.03. The molecule has 0 aliphatic carbocycles. The van der Waals surface area contributed by atoms with Gasteiger partial charge in [-0.3, -0.25) is 4.98 Å². The Kier molecular flexibility index (Phi) is 3.68. The van der Waals surface area contributed by atoms with Gasteiger partial charge in [0.15, 0.2) is 11.5 Å². The fourth-order valence-corrected chi connectivity index (χ4v) is 2.18. The van der Waals surface area contributed by atoms with E-state index in [9.17, 15) is 0 Å². The van der Waals surface area contributed by atoms with E-state index in [1.165, 1.54) is 5.56 Å². The van der Waals surface area contributed by atoms with E-state index in [0.717, 1.165) is 29.4 Å². The van der Waals surface area contributed by atoms with Crippen LogP contribution in [0.5, 0.6) is 0 Å². The van der Waals surface area contributed by atoms with E-state index in [1.807, 2.05) is 36.0 Å². The van der Waals surface area contributed by atoms with Crippen molar-refractivity contribution in [3.05, 3.63) is 48.2 Å². The van der Waals surface area contributed by atoms with Crippen LogP contribution in [0.3, 0.4) is 0 Å². The third-order valence-corrected chi connectivity index (χ3v) is 3.33. The Morgan fingerprint density at radius 1 is 1.24 bits per heavy atom. The highest BCUT2D eigenvalue weighted by Gasteiger charge is 2.07. The Morgan fingerprint density at radius 2 is 2.14 bits per heavy atom. The number of hydrogen-bond donors (Lipinski definition) is 2. The molecule has 0 aliphatic heterocycles. The molecule has 21 heavy (non-hydrogen) atoms. The van der Waals surface area contributed by atoms with Crippen LogP contribution < -0.4 is 10.6 Å². The number of imidazole rings is 1. The van der Waals surface area contributed by atoms with Gasteiger partial charge in [-0.25, -0.2) is 9.97 Å². The first kappa shape index (κ1) is 13.4. The van der Waals surface area contributed by atoms with Gasteiger partial charge in [-0.05, 0) is 31.0 Å². The summed E-state index contributed by atoms with van der Waals surface area (Å²) in [4.78, 5) is 13.1. The van der Waals surface area contributed by atoms with Gasteiger partial charge in [-0.1, -0.05) is 0 Å². The molecular formula is C15H18N6. The highest BCUT2D eigenvalue weighted by molar-refractivity contribution is 5.65. The molecule has 6 heteroatoms. The monoisotopic (exact) mass is 282 g/mol. The maximum absolute atomic E-state index is 4.58. The molecule has 108 valence electrons. The molecule has 0 atom stereocenters. The molecule has 0 aliphatic rings. The van der Waals surface area contributed by atoms with Crippen molar-refractivity contribution in [2.75, 3.05) is 17.2 Å². The summed E-state index contributed by atoms with van der Waals surface area (Å²) in [7, 11) is 0. The van der Waals surface area contributed by atoms with E-state index in [4.69, 9.17) is 0 Å². The molecule has 0 saturated heterocycles. The first-order valence-corrected chi connectivity index (χ1v) is 6.99. The Morgan fingerprint density at radius 3 is 2.95 bits per heavy atom. The molecule has 0 saturated carbocycles. The van der Waals surface area contributed by atoms with Crippen LogP contribution in [0, 0.1) is 6.92 Å². The summed E-state index contributed by atoms with van der Waals surface area (Å²) in [5.41, 5.74) is 3.18. The topological polar surface area (TPSA) is 67.1 Å². The number of hydrogen-bond acceptors (Lipinski definition) is 5. The quantitative estimate of drug-likeness (QED) is 0.752.